The Morgan fingerprint density at radius 3 is 2.31 bits per heavy atom. The molecule has 0 saturated heterocycles. The third kappa shape index (κ3) is 4.94. The van der Waals surface area contributed by atoms with E-state index in [2.05, 4.69) is 10.3 Å². The van der Waals surface area contributed by atoms with Crippen LogP contribution in [0.4, 0.5) is 5.69 Å². The predicted molar refractivity (Wildman–Crippen MR) is 105 cm³/mol. The van der Waals surface area contributed by atoms with Gasteiger partial charge in [-0.05, 0) is 48.5 Å². The lowest BCUT2D eigenvalue weighted by Gasteiger charge is -2.06. The summed E-state index contributed by atoms with van der Waals surface area (Å²) in [5.41, 5.74) is 1.81. The molecule has 130 valence electrons. The average Bonchev–Trinajstić information content (AvgIpc) is 2.68. The number of halogens is 1. The van der Waals surface area contributed by atoms with Gasteiger partial charge >= 0.3 is 0 Å². The fourth-order valence-corrected chi connectivity index (χ4v) is 3.05. The van der Waals surface area contributed by atoms with Crippen molar-refractivity contribution in [2.45, 2.75) is 5.03 Å². The molecule has 0 aliphatic rings. The van der Waals surface area contributed by atoms with E-state index >= 15 is 0 Å². The summed E-state index contributed by atoms with van der Waals surface area (Å²) < 4.78 is 0. The number of hydrogen-bond acceptors (Lipinski definition) is 4. The molecule has 4 nitrogen and oxygen atoms in total. The highest BCUT2D eigenvalue weighted by Gasteiger charge is 2.09. The quantitative estimate of drug-likeness (QED) is 0.483. The predicted octanol–water partition coefficient (Wildman–Crippen LogP) is 4.96. The lowest BCUT2D eigenvalue weighted by atomic mass is 10.1. The van der Waals surface area contributed by atoms with Crippen LogP contribution in [-0.4, -0.2) is 22.4 Å². The van der Waals surface area contributed by atoms with Gasteiger partial charge in [0.1, 0.15) is 0 Å². The van der Waals surface area contributed by atoms with Crippen molar-refractivity contribution in [2.24, 2.45) is 0 Å². The third-order valence-electron chi connectivity index (χ3n) is 3.55. The van der Waals surface area contributed by atoms with E-state index in [0.717, 1.165) is 5.03 Å². The highest BCUT2D eigenvalue weighted by molar-refractivity contribution is 7.99. The van der Waals surface area contributed by atoms with E-state index in [4.69, 9.17) is 11.6 Å². The van der Waals surface area contributed by atoms with Gasteiger partial charge in [-0.3, -0.25) is 9.59 Å². The van der Waals surface area contributed by atoms with Crippen molar-refractivity contribution in [3.8, 4) is 0 Å². The van der Waals surface area contributed by atoms with Crippen LogP contribution >= 0.6 is 23.4 Å². The Labute approximate surface area is 160 Å². The van der Waals surface area contributed by atoms with E-state index in [1.54, 1.807) is 54.7 Å². The Kier molecular flexibility index (Phi) is 6.04. The summed E-state index contributed by atoms with van der Waals surface area (Å²) in [6.45, 7) is 0. The number of ketones is 1. The lowest BCUT2D eigenvalue weighted by Crippen LogP contribution is -2.11. The van der Waals surface area contributed by atoms with Crippen LogP contribution in [0.3, 0.4) is 0 Å². The SMILES string of the molecule is O=C(CSc1ccc(Cl)cn1)c1ccc(NC(=O)c2ccccc2)cc1. The summed E-state index contributed by atoms with van der Waals surface area (Å²) in [4.78, 5) is 28.5. The molecule has 26 heavy (non-hydrogen) atoms. The summed E-state index contributed by atoms with van der Waals surface area (Å²) in [6, 6.07) is 19.3. The van der Waals surface area contributed by atoms with Crippen molar-refractivity contribution in [3.05, 3.63) is 89.1 Å². The number of carbonyl (C=O) groups is 2. The molecule has 3 aromatic rings. The molecule has 0 bridgehead atoms. The van der Waals surface area contributed by atoms with E-state index in [1.165, 1.54) is 11.8 Å². The van der Waals surface area contributed by atoms with Crippen LogP contribution in [0.25, 0.3) is 0 Å². The molecule has 0 aliphatic carbocycles. The molecule has 1 N–H and O–H groups in total. The van der Waals surface area contributed by atoms with Crippen LogP contribution in [0.5, 0.6) is 0 Å². The van der Waals surface area contributed by atoms with Gasteiger partial charge in [-0.15, -0.1) is 0 Å². The first-order valence-electron chi connectivity index (χ1n) is 7.86. The molecule has 0 spiro atoms. The van der Waals surface area contributed by atoms with E-state index in [9.17, 15) is 9.59 Å². The second kappa shape index (κ2) is 8.65. The summed E-state index contributed by atoms with van der Waals surface area (Å²) in [5, 5.41) is 4.12. The van der Waals surface area contributed by atoms with Crippen LogP contribution in [0, 0.1) is 0 Å². The molecule has 1 heterocycles. The highest BCUT2D eigenvalue weighted by Crippen LogP contribution is 2.19. The van der Waals surface area contributed by atoms with Gasteiger partial charge in [-0.2, -0.15) is 0 Å². The monoisotopic (exact) mass is 382 g/mol. The number of anilines is 1. The van der Waals surface area contributed by atoms with Crippen molar-refractivity contribution < 1.29 is 9.59 Å². The van der Waals surface area contributed by atoms with Crippen LogP contribution in [0.1, 0.15) is 20.7 Å². The number of carbonyl (C=O) groups excluding carboxylic acids is 2. The normalized spacial score (nSPS) is 10.3. The molecule has 1 amide bonds. The minimum absolute atomic E-state index is 0.00677. The molecular weight excluding hydrogens is 368 g/mol. The summed E-state index contributed by atoms with van der Waals surface area (Å²) in [7, 11) is 0. The largest absolute Gasteiger partial charge is 0.322 e. The number of aromatic nitrogens is 1. The molecule has 0 fully saturated rings. The Hall–Kier alpha value is -2.63. The molecule has 0 saturated carbocycles. The number of pyridine rings is 1. The van der Waals surface area contributed by atoms with Gasteiger partial charge < -0.3 is 5.32 Å². The van der Waals surface area contributed by atoms with Crippen LogP contribution in [0.15, 0.2) is 78.0 Å². The minimum Gasteiger partial charge on any atom is -0.322 e. The van der Waals surface area contributed by atoms with Gasteiger partial charge in [0.05, 0.1) is 15.8 Å². The molecule has 0 radical (unpaired) electrons. The van der Waals surface area contributed by atoms with Crippen molar-refractivity contribution in [2.75, 3.05) is 11.1 Å². The zero-order valence-electron chi connectivity index (χ0n) is 13.7. The Morgan fingerprint density at radius 1 is 0.923 bits per heavy atom. The van der Waals surface area contributed by atoms with Crippen LogP contribution in [-0.2, 0) is 0 Å². The number of hydrogen-bond donors (Lipinski definition) is 1. The van der Waals surface area contributed by atoms with Gasteiger partial charge in [0.2, 0.25) is 0 Å². The number of rotatable bonds is 6. The second-order valence-corrected chi connectivity index (χ2v) is 6.86. The van der Waals surface area contributed by atoms with Crippen molar-refractivity contribution in [3.63, 3.8) is 0 Å². The van der Waals surface area contributed by atoms with Gasteiger partial charge in [0.15, 0.2) is 5.78 Å². The molecule has 3 rings (SSSR count). The molecule has 6 heteroatoms. The number of Topliss-reactive ketones (excluding diaryl/α,β-unsaturated/α-hetero) is 1. The number of amides is 1. The number of thioether (sulfide) groups is 1. The zero-order chi connectivity index (χ0) is 18.4. The first-order valence-corrected chi connectivity index (χ1v) is 9.22. The van der Waals surface area contributed by atoms with E-state index < -0.39 is 0 Å². The maximum atomic E-state index is 12.3. The Balaban J connectivity index is 1.57. The van der Waals surface area contributed by atoms with Gasteiger partial charge in [0, 0.05) is 23.0 Å². The van der Waals surface area contributed by atoms with Gasteiger partial charge in [-0.1, -0.05) is 41.6 Å². The molecule has 2 aromatic carbocycles. The minimum atomic E-state index is -0.186. The molecule has 0 aliphatic heterocycles. The maximum absolute atomic E-state index is 12.3. The van der Waals surface area contributed by atoms with Crippen LogP contribution < -0.4 is 5.32 Å². The lowest BCUT2D eigenvalue weighted by molar-refractivity contribution is 0.101. The highest BCUT2D eigenvalue weighted by atomic mass is 35.5. The van der Waals surface area contributed by atoms with E-state index in [0.29, 0.717) is 21.8 Å². The third-order valence-corrected chi connectivity index (χ3v) is 4.72. The number of benzene rings is 2. The maximum Gasteiger partial charge on any atom is 0.255 e. The van der Waals surface area contributed by atoms with Gasteiger partial charge in [0.25, 0.3) is 5.91 Å². The first-order chi connectivity index (χ1) is 12.6. The number of nitrogens with one attached hydrogen (secondary N) is 1. The average molecular weight is 383 g/mol. The fourth-order valence-electron chi connectivity index (χ4n) is 2.20. The van der Waals surface area contributed by atoms with Crippen molar-refractivity contribution in [1.82, 2.24) is 4.98 Å². The molecular formula is C20H15ClN2O2S. The second-order valence-electron chi connectivity index (χ2n) is 5.42. The Bertz CT molecular complexity index is 897. The van der Waals surface area contributed by atoms with Crippen molar-refractivity contribution >= 4 is 40.7 Å². The smallest absolute Gasteiger partial charge is 0.255 e. The van der Waals surface area contributed by atoms with Crippen LogP contribution in [0.2, 0.25) is 5.02 Å². The zero-order valence-corrected chi connectivity index (χ0v) is 15.3. The summed E-state index contributed by atoms with van der Waals surface area (Å²) >= 11 is 7.15. The Morgan fingerprint density at radius 2 is 1.65 bits per heavy atom. The molecule has 1 aromatic heterocycles. The topological polar surface area (TPSA) is 59.1 Å². The van der Waals surface area contributed by atoms with Gasteiger partial charge in [-0.25, -0.2) is 4.98 Å². The van der Waals surface area contributed by atoms with E-state index in [1.807, 2.05) is 18.2 Å². The fraction of sp³-hybridized carbons (Fsp3) is 0.0500. The first kappa shape index (κ1) is 18.2. The standard InChI is InChI=1S/C20H15ClN2O2S/c21-16-8-11-19(22-12-16)26-13-18(24)14-6-9-17(10-7-14)23-20(25)15-4-2-1-3-5-15/h1-12H,13H2,(H,23,25). The molecule has 0 unspecified atom stereocenters. The molecule has 0 atom stereocenters. The summed E-state index contributed by atoms with van der Waals surface area (Å²) in [6.07, 6.45) is 1.55. The summed E-state index contributed by atoms with van der Waals surface area (Å²) in [5.74, 6) is 0.0893. The number of nitrogens with zero attached hydrogens (tertiary/aromatic N) is 1. The van der Waals surface area contributed by atoms with E-state index in [-0.39, 0.29) is 17.4 Å². The van der Waals surface area contributed by atoms with Crippen molar-refractivity contribution in [1.29, 1.82) is 0 Å².